The highest BCUT2D eigenvalue weighted by atomic mass is 16.6. The van der Waals surface area contributed by atoms with Gasteiger partial charge in [-0.1, -0.05) is 58.8 Å². The molecule has 8 aromatic carbocycles. The van der Waals surface area contributed by atoms with Gasteiger partial charge in [-0.05, 0) is 117 Å². The molecule has 8 aromatic rings. The molecule has 4 aliphatic heterocycles. The summed E-state index contributed by atoms with van der Waals surface area (Å²) in [5, 5.41) is 4.27. The standard InChI is InChI=1S/C22H27NO4.2C20H19NO6.C17H13NO5/c1-4-5-6-7-8-9-14-27-18-13-11-16-19-15(21(24)23(2)22(16)25)10-12-17(26-3)20(18)19;1-11(2)20(24)27-10-9-21-18(22)12-5-7-14(25-3)17-15(26-4)8-6-13(16(12)17)19(21)23;1-11(2)20(24)27-10-9-26-15-8-6-13-16-12(18(22)21(3)19(13)23)5-7-14(25-4)17(15)16;1-4-13(19)23-12-8-6-10-14-9(16(20)18(2)17(10)21)5-7-11(22-3)15(12)14/h10-13H,4-9,14H2,1-3H3;2*5-8H,1,9-10H2,2-4H3;4-8H,1H2,2-3H3. The number of hydrogen-bond donors (Lipinski definition) is 0. The molecule has 0 aliphatic carbocycles. The number of unbranched alkanes of at least 4 members (excludes halogenated alkanes) is 5. The Morgan fingerprint density at radius 2 is 0.635 bits per heavy atom. The van der Waals surface area contributed by atoms with Gasteiger partial charge in [-0.15, -0.1) is 0 Å². The largest absolute Gasteiger partial charge is 0.496 e. The van der Waals surface area contributed by atoms with Gasteiger partial charge in [0.05, 0.1) is 70.2 Å². The maximum Gasteiger partial charge on any atom is 0.335 e. The van der Waals surface area contributed by atoms with E-state index >= 15 is 0 Å². The minimum atomic E-state index is -0.640. The minimum Gasteiger partial charge on any atom is -0.496 e. The molecule has 25 heteroatoms. The lowest BCUT2D eigenvalue weighted by molar-refractivity contribution is -0.140. The first kappa shape index (κ1) is 75.8. The molecular weight excluding hydrogens is 1340 g/mol. The van der Waals surface area contributed by atoms with Crippen LogP contribution in [-0.2, 0) is 23.9 Å². The fourth-order valence-corrected chi connectivity index (χ4v) is 12.3. The number of esters is 3. The number of nitrogens with zero attached hydrogens (tertiary/aromatic N) is 4. The van der Waals surface area contributed by atoms with E-state index in [1.54, 1.807) is 92.9 Å². The predicted molar refractivity (Wildman–Crippen MR) is 385 cm³/mol. The first-order valence-electron chi connectivity index (χ1n) is 33.0. The van der Waals surface area contributed by atoms with Crippen molar-refractivity contribution in [3.8, 4) is 46.0 Å². The van der Waals surface area contributed by atoms with Crippen molar-refractivity contribution in [1.82, 2.24) is 19.6 Å². The van der Waals surface area contributed by atoms with Crippen LogP contribution < -0.4 is 37.9 Å². The molecule has 12 rings (SSSR count). The molecule has 0 radical (unpaired) electrons. The summed E-state index contributed by atoms with van der Waals surface area (Å²) in [6, 6.07) is 26.4. The van der Waals surface area contributed by atoms with Gasteiger partial charge in [0.2, 0.25) is 0 Å². The van der Waals surface area contributed by atoms with Crippen LogP contribution in [0.1, 0.15) is 142 Å². The van der Waals surface area contributed by atoms with Gasteiger partial charge in [0.15, 0.2) is 0 Å². The van der Waals surface area contributed by atoms with E-state index in [1.807, 2.05) is 6.07 Å². The van der Waals surface area contributed by atoms with Gasteiger partial charge >= 0.3 is 17.9 Å². The zero-order valence-electron chi connectivity index (χ0n) is 59.6. The Morgan fingerprint density at radius 1 is 0.356 bits per heavy atom. The third kappa shape index (κ3) is 14.9. The van der Waals surface area contributed by atoms with Crippen molar-refractivity contribution < 1.29 is 100 Å². The molecule has 0 spiro atoms. The Kier molecular flexibility index (Phi) is 24.0. The van der Waals surface area contributed by atoms with Gasteiger partial charge in [-0.2, -0.15) is 0 Å². The van der Waals surface area contributed by atoms with Crippen molar-refractivity contribution in [2.24, 2.45) is 0 Å². The van der Waals surface area contributed by atoms with Crippen molar-refractivity contribution >= 4 is 108 Å². The summed E-state index contributed by atoms with van der Waals surface area (Å²) < 4.78 is 54.0. The molecule has 4 heterocycles. The van der Waals surface area contributed by atoms with Crippen molar-refractivity contribution in [3.63, 3.8) is 0 Å². The highest BCUT2D eigenvalue weighted by molar-refractivity contribution is 6.30. The van der Waals surface area contributed by atoms with Crippen molar-refractivity contribution in [3.05, 3.63) is 179 Å². The Bertz CT molecular complexity index is 4790. The smallest absolute Gasteiger partial charge is 0.335 e. The van der Waals surface area contributed by atoms with Crippen LogP contribution in [0.15, 0.2) is 134 Å². The zero-order valence-corrected chi connectivity index (χ0v) is 59.6. The normalized spacial score (nSPS) is 13.1. The summed E-state index contributed by atoms with van der Waals surface area (Å²) in [6.07, 6.45) is 8.16. The molecule has 0 saturated heterocycles. The molecular formula is C79H78N4O21. The monoisotopic (exact) mass is 1420 g/mol. The van der Waals surface area contributed by atoms with E-state index in [0.29, 0.717) is 140 Å². The SMILES string of the molecule is C=C(C)C(=O)OCCN1C(=O)c2ccc(OC)c3c(OC)ccc(c23)C1=O.C=C(C)C(=O)OCCOc1ccc2c3c(ccc(OC)c13)C(=O)N(C)C2=O.C=CC(=O)Oc1ccc2c3c(ccc(OC)c13)C(=O)N(C)C2=O.CCCCCCCCOc1ccc2c3c(ccc(OC)c13)C(=O)N(C)C2=O. The number of rotatable bonds is 24. The maximum absolute atomic E-state index is 12.9. The van der Waals surface area contributed by atoms with Gasteiger partial charge in [-0.25, -0.2) is 14.4 Å². The van der Waals surface area contributed by atoms with Gasteiger partial charge in [0, 0.05) is 104 Å². The molecule has 4 aliphatic rings. The second kappa shape index (κ2) is 32.9. The van der Waals surface area contributed by atoms with Crippen LogP contribution >= 0.6 is 0 Å². The van der Waals surface area contributed by atoms with E-state index in [2.05, 4.69) is 26.7 Å². The van der Waals surface area contributed by atoms with Crippen molar-refractivity contribution in [1.29, 1.82) is 0 Å². The number of methoxy groups -OCH3 is 5. The van der Waals surface area contributed by atoms with Crippen LogP contribution in [-0.4, -0.2) is 174 Å². The summed E-state index contributed by atoms with van der Waals surface area (Å²) in [7, 11) is 11.9. The molecule has 104 heavy (non-hydrogen) atoms. The molecule has 0 aromatic heterocycles. The van der Waals surface area contributed by atoms with E-state index in [1.165, 1.54) is 94.3 Å². The lowest BCUT2D eigenvalue weighted by atomic mass is 9.93. The van der Waals surface area contributed by atoms with E-state index in [-0.39, 0.29) is 61.3 Å². The molecule has 0 fully saturated rings. The van der Waals surface area contributed by atoms with Crippen LogP contribution in [0.25, 0.3) is 43.1 Å². The summed E-state index contributed by atoms with van der Waals surface area (Å²) in [5.41, 5.74) is 3.82. The van der Waals surface area contributed by atoms with Crippen molar-refractivity contribution in [2.75, 3.05) is 89.7 Å². The summed E-state index contributed by atoms with van der Waals surface area (Å²) in [6.45, 7) is 16.3. The second-order valence-corrected chi connectivity index (χ2v) is 24.1. The average molecular weight is 1420 g/mol. The van der Waals surface area contributed by atoms with E-state index in [0.717, 1.165) is 38.5 Å². The fourth-order valence-electron chi connectivity index (χ4n) is 12.3. The third-order valence-corrected chi connectivity index (χ3v) is 17.5. The maximum atomic E-state index is 12.9. The van der Waals surface area contributed by atoms with E-state index in [4.69, 9.17) is 47.4 Å². The minimum absolute atomic E-state index is 0.0392. The molecule has 0 atom stereocenters. The molecule has 0 unspecified atom stereocenters. The predicted octanol–water partition coefficient (Wildman–Crippen LogP) is 12.1. The number of carbonyl (C=O) groups is 11. The lowest BCUT2D eigenvalue weighted by Gasteiger charge is -2.28. The number of hydrogen-bond acceptors (Lipinski definition) is 21. The topological polar surface area (TPSA) is 293 Å². The number of amides is 8. The Balaban J connectivity index is 0.000000161. The van der Waals surface area contributed by atoms with Gasteiger partial charge in [0.25, 0.3) is 47.3 Å². The Labute approximate surface area is 598 Å². The summed E-state index contributed by atoms with van der Waals surface area (Å²) in [5.74, 6) is -0.988. The Hall–Kier alpha value is -12.4. The van der Waals surface area contributed by atoms with Crippen LogP contribution in [0.3, 0.4) is 0 Å². The van der Waals surface area contributed by atoms with Crippen LogP contribution in [0.2, 0.25) is 0 Å². The molecule has 0 bridgehead atoms. The number of carbonyl (C=O) groups excluding carboxylic acids is 11. The summed E-state index contributed by atoms with van der Waals surface area (Å²) in [4.78, 5) is 139. The van der Waals surface area contributed by atoms with E-state index in [9.17, 15) is 52.7 Å². The molecule has 0 saturated carbocycles. The highest BCUT2D eigenvalue weighted by Gasteiger charge is 2.38. The quantitative estimate of drug-likeness (QED) is 0.0178. The van der Waals surface area contributed by atoms with Gasteiger partial charge in [-0.3, -0.25) is 58.0 Å². The first-order chi connectivity index (χ1) is 49.8. The summed E-state index contributed by atoms with van der Waals surface area (Å²) >= 11 is 0. The zero-order chi connectivity index (χ0) is 75.5. The van der Waals surface area contributed by atoms with Gasteiger partial charge < -0.3 is 47.4 Å². The molecule has 8 amide bonds. The number of benzene rings is 8. The van der Waals surface area contributed by atoms with Crippen molar-refractivity contribution in [2.45, 2.75) is 59.3 Å². The second-order valence-electron chi connectivity index (χ2n) is 24.1. The Morgan fingerprint density at radius 3 is 0.962 bits per heavy atom. The van der Waals surface area contributed by atoms with Crippen LogP contribution in [0.4, 0.5) is 0 Å². The molecule has 0 N–H and O–H groups in total. The number of ether oxygens (including phenoxy) is 10. The van der Waals surface area contributed by atoms with Gasteiger partial charge in [0.1, 0.15) is 65.8 Å². The van der Waals surface area contributed by atoms with Crippen LogP contribution in [0, 0.1) is 0 Å². The third-order valence-electron chi connectivity index (χ3n) is 17.5. The number of imide groups is 4. The molecule has 540 valence electrons. The molecule has 25 nitrogen and oxygen atoms in total. The first-order valence-corrected chi connectivity index (χ1v) is 33.0. The highest BCUT2D eigenvalue weighted by Crippen LogP contribution is 2.45. The van der Waals surface area contributed by atoms with E-state index < -0.39 is 41.5 Å². The van der Waals surface area contributed by atoms with Crippen LogP contribution in [0.5, 0.6) is 46.0 Å². The average Bonchev–Trinajstić information content (AvgIpc) is 0.758. The lowest BCUT2D eigenvalue weighted by Crippen LogP contribution is -2.42. The fraction of sp³-hybridized carbons (Fsp3) is 0.278.